The van der Waals surface area contributed by atoms with Crippen LogP contribution in [0.25, 0.3) is 0 Å². The van der Waals surface area contributed by atoms with Gasteiger partial charge >= 0.3 is 0 Å². The Kier molecular flexibility index (Phi) is 9.22. The molecule has 184 valence electrons. The first kappa shape index (κ1) is 25.9. The van der Waals surface area contributed by atoms with Crippen LogP contribution in [0.5, 0.6) is 0 Å². The Hall–Kier alpha value is -2.73. The summed E-state index contributed by atoms with van der Waals surface area (Å²) in [5.74, 6) is -0.867. The number of ketones is 1. The third-order valence-electron chi connectivity index (χ3n) is 6.87. The van der Waals surface area contributed by atoms with Crippen molar-refractivity contribution in [2.45, 2.75) is 58.7 Å². The highest BCUT2D eigenvalue weighted by Gasteiger charge is 2.37. The molecule has 0 aromatic heterocycles. The highest BCUT2D eigenvalue weighted by atomic mass is 16.2. The quantitative estimate of drug-likeness (QED) is 0.536. The molecule has 6 heteroatoms. The summed E-state index contributed by atoms with van der Waals surface area (Å²) in [5, 5.41) is 3.01. The summed E-state index contributed by atoms with van der Waals surface area (Å²) in [5.41, 5.74) is 1.26. The third-order valence-corrected chi connectivity index (χ3v) is 6.87. The van der Waals surface area contributed by atoms with E-state index < -0.39 is 17.9 Å². The number of hydrogen-bond donors (Lipinski definition) is 1. The van der Waals surface area contributed by atoms with Crippen LogP contribution in [0.4, 0.5) is 0 Å². The number of carbonyl (C=O) groups is 3. The molecule has 34 heavy (non-hydrogen) atoms. The van der Waals surface area contributed by atoms with Crippen LogP contribution in [0.3, 0.4) is 0 Å². The number of piperazine rings is 1. The van der Waals surface area contributed by atoms with Crippen LogP contribution < -0.4 is 5.32 Å². The molecule has 2 aliphatic rings. The molecule has 2 heterocycles. The van der Waals surface area contributed by atoms with Crippen molar-refractivity contribution in [3.63, 3.8) is 0 Å². The van der Waals surface area contributed by atoms with E-state index in [9.17, 15) is 14.4 Å². The average molecular weight is 466 g/mol. The fourth-order valence-corrected chi connectivity index (χ4v) is 5.12. The second kappa shape index (κ2) is 12.1. The van der Waals surface area contributed by atoms with E-state index in [1.807, 2.05) is 43.0 Å². The number of benzene rings is 1. The van der Waals surface area contributed by atoms with E-state index in [0.717, 1.165) is 19.6 Å². The summed E-state index contributed by atoms with van der Waals surface area (Å²) in [6, 6.07) is 9.77. The minimum Gasteiger partial charge on any atom is -0.344 e. The summed E-state index contributed by atoms with van der Waals surface area (Å²) in [6.45, 7) is 12.5. The minimum absolute atomic E-state index is 0.00376. The molecule has 1 N–H and O–H groups in total. The molecule has 2 aliphatic heterocycles. The second-order valence-corrected chi connectivity index (χ2v) is 10.0. The van der Waals surface area contributed by atoms with Gasteiger partial charge in [0, 0.05) is 38.0 Å². The maximum Gasteiger partial charge on any atom is 0.246 e. The lowest BCUT2D eigenvalue weighted by atomic mass is 9.80. The lowest BCUT2D eigenvalue weighted by molar-refractivity contribution is -0.141. The molecule has 1 fully saturated rings. The highest BCUT2D eigenvalue weighted by molar-refractivity contribution is 5.92. The molecule has 1 aromatic carbocycles. The topological polar surface area (TPSA) is 69.7 Å². The molecule has 4 atom stereocenters. The van der Waals surface area contributed by atoms with Gasteiger partial charge in [0.2, 0.25) is 11.8 Å². The number of amides is 2. The number of carbonyl (C=O) groups excluding carboxylic acids is 3. The van der Waals surface area contributed by atoms with Crippen LogP contribution in [-0.4, -0.2) is 59.1 Å². The molecule has 0 aliphatic carbocycles. The first-order valence-corrected chi connectivity index (χ1v) is 12.4. The van der Waals surface area contributed by atoms with E-state index in [0.29, 0.717) is 25.8 Å². The zero-order chi connectivity index (χ0) is 24.7. The van der Waals surface area contributed by atoms with Crippen LogP contribution in [-0.2, 0) is 20.9 Å². The zero-order valence-electron chi connectivity index (χ0n) is 20.8. The number of Topliss-reactive ketones (excluding diaryl/α,β-unsaturated/α-hetero) is 1. The van der Waals surface area contributed by atoms with Crippen LogP contribution in [0.2, 0.25) is 0 Å². The summed E-state index contributed by atoms with van der Waals surface area (Å²) in [6.07, 6.45) is 7.35. The Morgan fingerprint density at radius 1 is 1.18 bits per heavy atom. The van der Waals surface area contributed by atoms with Gasteiger partial charge in [0.15, 0.2) is 0 Å². The maximum absolute atomic E-state index is 13.4. The SMILES string of the molecule is C=CCC(C(C)=O)C(CC(C)C)C(=O)NC1CC=CC2CN(Cc3ccccc3)CCN2C1=O. The van der Waals surface area contributed by atoms with Crippen molar-refractivity contribution in [2.75, 3.05) is 19.6 Å². The van der Waals surface area contributed by atoms with Gasteiger partial charge in [-0.1, -0.05) is 62.4 Å². The normalized spacial score (nSPS) is 22.6. The Labute approximate surface area is 204 Å². The van der Waals surface area contributed by atoms with Gasteiger partial charge in [-0.05, 0) is 37.7 Å². The Morgan fingerprint density at radius 3 is 2.56 bits per heavy atom. The number of allylic oxidation sites excluding steroid dienone is 1. The minimum atomic E-state index is -0.597. The third kappa shape index (κ3) is 6.66. The van der Waals surface area contributed by atoms with E-state index in [-0.39, 0.29) is 29.6 Å². The summed E-state index contributed by atoms with van der Waals surface area (Å²) < 4.78 is 0. The molecule has 0 radical (unpaired) electrons. The van der Waals surface area contributed by atoms with Gasteiger partial charge in [-0.2, -0.15) is 0 Å². The summed E-state index contributed by atoms with van der Waals surface area (Å²) >= 11 is 0. The first-order valence-electron chi connectivity index (χ1n) is 12.4. The molecule has 2 amide bonds. The summed E-state index contributed by atoms with van der Waals surface area (Å²) in [7, 11) is 0. The van der Waals surface area contributed by atoms with Crippen molar-refractivity contribution in [3.8, 4) is 0 Å². The largest absolute Gasteiger partial charge is 0.344 e. The number of hydrogen-bond acceptors (Lipinski definition) is 4. The smallest absolute Gasteiger partial charge is 0.246 e. The molecule has 0 bridgehead atoms. The standard InChI is InChI=1S/C28H39N3O3/c1-5-10-24(21(4)32)25(17-20(2)3)27(33)29-26-14-9-13-23-19-30(15-16-31(23)28(26)34)18-22-11-7-6-8-12-22/h5-9,11-13,20,23-26H,1,10,14-19H2,2-4H3,(H,29,33). The van der Waals surface area contributed by atoms with Gasteiger partial charge < -0.3 is 10.2 Å². The molecule has 0 saturated carbocycles. The van der Waals surface area contributed by atoms with Gasteiger partial charge in [0.05, 0.1) is 6.04 Å². The van der Waals surface area contributed by atoms with Crippen LogP contribution in [0, 0.1) is 17.8 Å². The number of nitrogens with one attached hydrogen (secondary N) is 1. The van der Waals surface area contributed by atoms with Gasteiger partial charge in [-0.3, -0.25) is 19.3 Å². The summed E-state index contributed by atoms with van der Waals surface area (Å²) in [4.78, 5) is 43.3. The molecule has 0 spiro atoms. The lowest BCUT2D eigenvalue weighted by Crippen LogP contribution is -2.58. The fourth-order valence-electron chi connectivity index (χ4n) is 5.12. The van der Waals surface area contributed by atoms with Crippen molar-refractivity contribution in [2.24, 2.45) is 17.8 Å². The molecule has 1 aromatic rings. The van der Waals surface area contributed by atoms with Gasteiger partial charge in [0.1, 0.15) is 11.8 Å². The Morgan fingerprint density at radius 2 is 1.91 bits per heavy atom. The number of rotatable bonds is 10. The Bertz CT molecular complexity index is 895. The van der Waals surface area contributed by atoms with Crippen LogP contribution >= 0.6 is 0 Å². The van der Waals surface area contributed by atoms with Gasteiger partial charge in [-0.15, -0.1) is 6.58 Å². The molecule has 3 rings (SSSR count). The molecular weight excluding hydrogens is 426 g/mol. The predicted molar refractivity (Wildman–Crippen MR) is 135 cm³/mol. The number of nitrogens with zero attached hydrogens (tertiary/aromatic N) is 2. The van der Waals surface area contributed by atoms with Crippen molar-refractivity contribution in [1.29, 1.82) is 0 Å². The lowest BCUT2D eigenvalue weighted by Gasteiger charge is -2.40. The van der Waals surface area contributed by atoms with E-state index in [2.05, 4.69) is 35.0 Å². The van der Waals surface area contributed by atoms with E-state index in [4.69, 9.17) is 0 Å². The average Bonchev–Trinajstić information content (AvgIpc) is 2.95. The van der Waals surface area contributed by atoms with Gasteiger partial charge in [0.25, 0.3) is 0 Å². The van der Waals surface area contributed by atoms with Crippen molar-refractivity contribution in [1.82, 2.24) is 15.1 Å². The molecular formula is C28H39N3O3. The van der Waals surface area contributed by atoms with E-state index >= 15 is 0 Å². The molecule has 6 nitrogen and oxygen atoms in total. The van der Waals surface area contributed by atoms with Crippen molar-refractivity contribution >= 4 is 17.6 Å². The fraction of sp³-hybridized carbons (Fsp3) is 0.536. The molecule has 4 unspecified atom stereocenters. The maximum atomic E-state index is 13.4. The molecule has 1 saturated heterocycles. The Balaban J connectivity index is 1.67. The predicted octanol–water partition coefficient (Wildman–Crippen LogP) is 3.59. The van der Waals surface area contributed by atoms with Crippen LogP contribution in [0.15, 0.2) is 55.1 Å². The van der Waals surface area contributed by atoms with E-state index in [1.165, 1.54) is 12.5 Å². The monoisotopic (exact) mass is 465 g/mol. The van der Waals surface area contributed by atoms with Crippen molar-refractivity contribution in [3.05, 3.63) is 60.7 Å². The van der Waals surface area contributed by atoms with E-state index in [1.54, 1.807) is 6.08 Å². The van der Waals surface area contributed by atoms with Crippen molar-refractivity contribution < 1.29 is 14.4 Å². The zero-order valence-corrected chi connectivity index (χ0v) is 20.8. The first-order chi connectivity index (χ1) is 16.3. The van der Waals surface area contributed by atoms with Crippen LogP contribution in [0.1, 0.15) is 45.6 Å². The second-order valence-electron chi connectivity index (χ2n) is 10.0. The number of fused-ring (bicyclic) bond motifs is 1. The van der Waals surface area contributed by atoms with Gasteiger partial charge in [-0.25, -0.2) is 0 Å². The highest BCUT2D eigenvalue weighted by Crippen LogP contribution is 2.26.